The van der Waals surface area contributed by atoms with E-state index in [1.807, 2.05) is 35.7 Å². The van der Waals surface area contributed by atoms with Crippen molar-refractivity contribution >= 4 is 60.7 Å². The maximum Gasteiger partial charge on any atom is 0.266 e. The highest BCUT2D eigenvalue weighted by molar-refractivity contribution is 9.10. The van der Waals surface area contributed by atoms with Crippen molar-refractivity contribution in [2.24, 2.45) is 5.73 Å². The van der Waals surface area contributed by atoms with Crippen molar-refractivity contribution in [1.29, 1.82) is 0 Å². The largest absolute Gasteiger partial charge is 0.507 e. The van der Waals surface area contributed by atoms with Gasteiger partial charge in [0.05, 0.1) is 5.52 Å². The monoisotopic (exact) mass is 450 g/mol. The molecule has 0 aliphatic heterocycles. The lowest BCUT2D eigenvalue weighted by Crippen LogP contribution is -2.05. The first-order chi connectivity index (χ1) is 12.1. The van der Waals surface area contributed by atoms with E-state index in [1.54, 1.807) is 6.07 Å². The van der Waals surface area contributed by atoms with Gasteiger partial charge in [0.15, 0.2) is 0 Å². The minimum absolute atomic E-state index is 0. The normalized spacial score (nSPS) is 11.0. The molecule has 0 aliphatic rings. The van der Waals surface area contributed by atoms with Crippen molar-refractivity contribution in [3.63, 3.8) is 0 Å². The summed E-state index contributed by atoms with van der Waals surface area (Å²) in [5, 5.41) is 14.2. The maximum absolute atomic E-state index is 12.3. The molecular weight excluding hydrogens is 436 g/mol. The molecule has 7 heteroatoms. The molecule has 2 aromatic heterocycles. The lowest BCUT2D eigenvalue weighted by Gasteiger charge is -2.13. The molecule has 0 spiro atoms. The van der Waals surface area contributed by atoms with Gasteiger partial charge in [0.2, 0.25) is 0 Å². The smallest absolute Gasteiger partial charge is 0.266 e. The molecule has 0 unspecified atom stereocenters. The molecule has 134 valence electrons. The minimum atomic E-state index is -0.117. The highest BCUT2D eigenvalue weighted by atomic mass is 79.9. The number of aromatic amines is 1. The number of aromatic hydroxyl groups is 1. The Morgan fingerprint density at radius 2 is 1.92 bits per heavy atom. The number of halogens is 2. The third kappa shape index (κ3) is 3.03. The number of phenols is 1. The average Bonchev–Trinajstić information content (AvgIpc) is 3.08. The number of thiophene rings is 1. The number of aromatic nitrogens is 1. The first kappa shape index (κ1) is 18.9. The van der Waals surface area contributed by atoms with Crippen LogP contribution in [0.1, 0.15) is 5.56 Å². The third-order valence-corrected chi connectivity index (χ3v) is 5.85. The van der Waals surface area contributed by atoms with E-state index in [4.69, 9.17) is 5.73 Å². The van der Waals surface area contributed by atoms with Crippen LogP contribution in [-0.4, -0.2) is 16.6 Å². The lowest BCUT2D eigenvalue weighted by atomic mass is 9.96. The van der Waals surface area contributed by atoms with E-state index in [0.29, 0.717) is 21.2 Å². The first-order valence-corrected chi connectivity index (χ1v) is 9.51. The second-order valence-electron chi connectivity index (χ2n) is 5.86. The Balaban J connectivity index is 0.00000196. The summed E-state index contributed by atoms with van der Waals surface area (Å²) in [6.07, 6.45) is 0.815. The third-order valence-electron chi connectivity index (χ3n) is 4.31. The summed E-state index contributed by atoms with van der Waals surface area (Å²) in [7, 11) is 0. The van der Waals surface area contributed by atoms with Crippen LogP contribution in [0.15, 0.2) is 51.0 Å². The van der Waals surface area contributed by atoms with Crippen LogP contribution < -0.4 is 11.3 Å². The van der Waals surface area contributed by atoms with Crippen LogP contribution in [0.5, 0.6) is 5.75 Å². The average molecular weight is 452 g/mol. The van der Waals surface area contributed by atoms with Crippen molar-refractivity contribution < 1.29 is 5.11 Å². The predicted molar refractivity (Wildman–Crippen MR) is 115 cm³/mol. The van der Waals surface area contributed by atoms with Gasteiger partial charge in [0.1, 0.15) is 10.4 Å². The van der Waals surface area contributed by atoms with Gasteiger partial charge in [-0.3, -0.25) is 4.79 Å². The van der Waals surface area contributed by atoms with Crippen LogP contribution in [0, 0.1) is 0 Å². The molecular formula is C19H16BrClN2O2S. The lowest BCUT2D eigenvalue weighted by molar-refractivity contribution is 0.477. The molecule has 0 aliphatic carbocycles. The van der Waals surface area contributed by atoms with Gasteiger partial charge in [-0.05, 0) is 57.5 Å². The number of hydrogen-bond acceptors (Lipinski definition) is 4. The Bertz CT molecular complexity index is 1150. The molecule has 0 fully saturated rings. The van der Waals surface area contributed by atoms with Crippen LogP contribution in [-0.2, 0) is 6.42 Å². The molecule has 0 bridgehead atoms. The van der Waals surface area contributed by atoms with Crippen molar-refractivity contribution in [3.8, 4) is 16.9 Å². The Morgan fingerprint density at radius 3 is 2.62 bits per heavy atom. The molecule has 4 rings (SSSR count). The van der Waals surface area contributed by atoms with Crippen LogP contribution in [0.2, 0.25) is 0 Å². The van der Waals surface area contributed by atoms with Gasteiger partial charge in [-0.1, -0.05) is 24.3 Å². The topological polar surface area (TPSA) is 79.1 Å². The molecule has 4 N–H and O–H groups in total. The SMILES string of the molecule is Cl.NCCc1ccc(-c2c(O)cc(Br)c3[nH]c(=O)c4sccc4c23)cc1. The summed E-state index contributed by atoms with van der Waals surface area (Å²) in [4.78, 5) is 15.3. The molecule has 26 heavy (non-hydrogen) atoms. The Hall–Kier alpha value is -1.86. The number of rotatable bonds is 3. The van der Waals surface area contributed by atoms with Crippen LogP contribution in [0.3, 0.4) is 0 Å². The van der Waals surface area contributed by atoms with Crippen LogP contribution in [0.4, 0.5) is 0 Å². The highest BCUT2D eigenvalue weighted by Crippen LogP contribution is 2.42. The number of benzene rings is 2. The van der Waals surface area contributed by atoms with Crippen LogP contribution >= 0.6 is 39.7 Å². The number of fused-ring (bicyclic) bond motifs is 3. The zero-order valence-corrected chi connectivity index (χ0v) is 16.8. The van der Waals surface area contributed by atoms with Gasteiger partial charge in [0, 0.05) is 20.8 Å². The summed E-state index contributed by atoms with van der Waals surface area (Å²) in [5.41, 5.74) is 8.96. The number of nitrogens with two attached hydrogens (primary N) is 1. The van der Waals surface area contributed by atoms with Crippen molar-refractivity contribution in [2.45, 2.75) is 6.42 Å². The second kappa shape index (κ2) is 7.40. The van der Waals surface area contributed by atoms with Crippen molar-refractivity contribution in [2.75, 3.05) is 6.54 Å². The van der Waals surface area contributed by atoms with Crippen molar-refractivity contribution in [1.82, 2.24) is 4.98 Å². The molecule has 4 nitrogen and oxygen atoms in total. The van der Waals surface area contributed by atoms with E-state index in [-0.39, 0.29) is 23.7 Å². The van der Waals surface area contributed by atoms with E-state index < -0.39 is 0 Å². The predicted octanol–water partition coefficient (Wildman–Crippen LogP) is 4.80. The molecule has 2 aromatic carbocycles. The zero-order chi connectivity index (χ0) is 17.6. The molecule has 0 saturated carbocycles. The fourth-order valence-electron chi connectivity index (χ4n) is 3.18. The van der Waals surface area contributed by atoms with E-state index in [2.05, 4.69) is 20.9 Å². The summed E-state index contributed by atoms with van der Waals surface area (Å²) >= 11 is 4.85. The summed E-state index contributed by atoms with van der Waals surface area (Å²) < 4.78 is 1.32. The number of hydrogen-bond donors (Lipinski definition) is 3. The Kier molecular flexibility index (Phi) is 5.39. The van der Waals surface area contributed by atoms with Gasteiger partial charge in [-0.15, -0.1) is 23.7 Å². The molecule has 0 radical (unpaired) electrons. The fraction of sp³-hybridized carbons (Fsp3) is 0.105. The summed E-state index contributed by atoms with van der Waals surface area (Å²) in [5.74, 6) is 0.172. The highest BCUT2D eigenvalue weighted by Gasteiger charge is 2.17. The maximum atomic E-state index is 12.3. The van der Waals surface area contributed by atoms with Crippen molar-refractivity contribution in [3.05, 3.63) is 62.2 Å². The minimum Gasteiger partial charge on any atom is -0.507 e. The Labute approximate surface area is 168 Å². The second-order valence-corrected chi connectivity index (χ2v) is 7.63. The van der Waals surface area contributed by atoms with Gasteiger partial charge in [0.25, 0.3) is 5.56 Å². The van der Waals surface area contributed by atoms with E-state index in [0.717, 1.165) is 33.9 Å². The van der Waals surface area contributed by atoms with Gasteiger partial charge in [-0.2, -0.15) is 0 Å². The molecule has 0 saturated heterocycles. The number of H-pyrrole nitrogens is 1. The van der Waals surface area contributed by atoms with E-state index in [1.165, 1.54) is 11.3 Å². The number of pyridine rings is 1. The van der Waals surface area contributed by atoms with E-state index in [9.17, 15) is 9.90 Å². The van der Waals surface area contributed by atoms with Gasteiger partial charge in [-0.25, -0.2) is 0 Å². The number of phenolic OH excluding ortho intramolecular Hbond substituents is 1. The number of nitrogens with one attached hydrogen (secondary N) is 1. The molecule has 0 atom stereocenters. The van der Waals surface area contributed by atoms with E-state index >= 15 is 0 Å². The standard InChI is InChI=1S/C19H15BrN2O2S.ClH/c20-13-9-14(23)15(11-3-1-10(2-4-11)5-7-21)16-12-6-8-25-18(12)19(24)22-17(13)16;/h1-4,6,8-9,23H,5,7,21H2,(H,22,24);1H. The first-order valence-electron chi connectivity index (χ1n) is 7.84. The van der Waals surface area contributed by atoms with Gasteiger partial charge >= 0.3 is 0 Å². The molecule has 0 amide bonds. The molecule has 4 aromatic rings. The molecule has 2 heterocycles. The summed E-state index contributed by atoms with van der Waals surface area (Å²) in [6, 6.07) is 11.6. The quantitative estimate of drug-likeness (QED) is 0.418. The Morgan fingerprint density at radius 1 is 1.19 bits per heavy atom. The summed E-state index contributed by atoms with van der Waals surface area (Å²) in [6.45, 7) is 0.600. The van der Waals surface area contributed by atoms with Crippen LogP contribution in [0.25, 0.3) is 32.1 Å². The van der Waals surface area contributed by atoms with Gasteiger partial charge < -0.3 is 15.8 Å². The zero-order valence-electron chi connectivity index (χ0n) is 13.6. The fourth-order valence-corrected chi connectivity index (χ4v) is 4.49.